The first-order valence-electron chi connectivity index (χ1n) is 10.6. The average Bonchev–Trinajstić information content (AvgIpc) is 3.13. The van der Waals surface area contributed by atoms with E-state index in [1.807, 2.05) is 53.0 Å². The van der Waals surface area contributed by atoms with Crippen LogP contribution in [0.2, 0.25) is 0 Å². The van der Waals surface area contributed by atoms with Crippen LogP contribution in [0.4, 0.5) is 5.69 Å². The van der Waals surface area contributed by atoms with Gasteiger partial charge in [0.05, 0.1) is 10.8 Å². The molecule has 31 heavy (non-hydrogen) atoms. The molecular formula is C23H26N4O3S. The molecule has 2 saturated heterocycles. The van der Waals surface area contributed by atoms with Gasteiger partial charge in [0.25, 0.3) is 0 Å². The fraction of sp³-hybridized carbons (Fsp3) is 0.348. The molecule has 3 aromatic rings. The summed E-state index contributed by atoms with van der Waals surface area (Å²) in [6, 6.07) is 17.3. The summed E-state index contributed by atoms with van der Waals surface area (Å²) in [4.78, 5) is 17.3. The molecule has 2 aliphatic rings. The minimum atomic E-state index is -3.58. The monoisotopic (exact) mass is 438 g/mol. The zero-order chi connectivity index (χ0) is 21.6. The van der Waals surface area contributed by atoms with E-state index in [0.29, 0.717) is 13.1 Å². The Morgan fingerprint density at radius 1 is 0.935 bits per heavy atom. The summed E-state index contributed by atoms with van der Waals surface area (Å²) in [5.74, 6) is -0.184. The molecule has 5 rings (SSSR count). The maximum atomic E-state index is 13.0. The van der Waals surface area contributed by atoms with Crippen molar-refractivity contribution >= 4 is 32.5 Å². The van der Waals surface area contributed by atoms with E-state index >= 15 is 0 Å². The molecule has 0 N–H and O–H groups in total. The van der Waals surface area contributed by atoms with E-state index in [4.69, 9.17) is 0 Å². The first-order valence-corrected chi connectivity index (χ1v) is 12.0. The third-order valence-corrected chi connectivity index (χ3v) is 8.23. The molecular weight excluding hydrogens is 412 g/mol. The van der Waals surface area contributed by atoms with Crippen LogP contribution in [-0.2, 0) is 21.9 Å². The second-order valence-corrected chi connectivity index (χ2v) is 10.3. The average molecular weight is 439 g/mol. The zero-order valence-electron chi connectivity index (χ0n) is 17.5. The number of hydrogen-bond acceptors (Lipinski definition) is 4. The van der Waals surface area contributed by atoms with E-state index < -0.39 is 10.0 Å². The van der Waals surface area contributed by atoms with Crippen molar-refractivity contribution in [2.75, 3.05) is 44.2 Å². The van der Waals surface area contributed by atoms with E-state index in [1.165, 1.54) is 9.99 Å². The predicted molar refractivity (Wildman–Crippen MR) is 120 cm³/mol. The van der Waals surface area contributed by atoms with Crippen LogP contribution in [0.3, 0.4) is 0 Å². The summed E-state index contributed by atoms with van der Waals surface area (Å²) < 4.78 is 29.4. The SMILES string of the molecule is Cn1ccc2cc(S(=O)(=O)N3CC(C(=O)N4CCN(c5ccccc5)CC4)C3)ccc21. The molecule has 0 saturated carbocycles. The van der Waals surface area contributed by atoms with Crippen molar-refractivity contribution in [3.63, 3.8) is 0 Å². The highest BCUT2D eigenvalue weighted by atomic mass is 32.2. The number of rotatable bonds is 4. The number of hydrogen-bond donors (Lipinski definition) is 0. The number of carbonyl (C=O) groups excluding carboxylic acids is 1. The number of carbonyl (C=O) groups is 1. The highest BCUT2D eigenvalue weighted by molar-refractivity contribution is 7.89. The number of fused-ring (bicyclic) bond motifs is 1. The number of para-hydroxylation sites is 1. The van der Waals surface area contributed by atoms with Crippen molar-refractivity contribution in [1.82, 2.24) is 13.8 Å². The molecule has 3 heterocycles. The largest absolute Gasteiger partial charge is 0.368 e. The zero-order valence-corrected chi connectivity index (χ0v) is 18.3. The van der Waals surface area contributed by atoms with Crippen LogP contribution >= 0.6 is 0 Å². The van der Waals surface area contributed by atoms with Crippen molar-refractivity contribution in [3.05, 3.63) is 60.8 Å². The third-order valence-electron chi connectivity index (χ3n) is 6.40. The maximum absolute atomic E-state index is 13.0. The number of aromatic nitrogens is 1. The highest BCUT2D eigenvalue weighted by Gasteiger charge is 2.42. The number of sulfonamides is 1. The molecule has 0 aliphatic carbocycles. The summed E-state index contributed by atoms with van der Waals surface area (Å²) in [6.07, 6.45) is 1.91. The molecule has 0 bridgehead atoms. The normalized spacial score (nSPS) is 18.4. The molecule has 7 nitrogen and oxygen atoms in total. The Hall–Kier alpha value is -2.84. The summed E-state index contributed by atoms with van der Waals surface area (Å²) in [5, 5.41) is 0.896. The smallest absolute Gasteiger partial charge is 0.243 e. The Labute approximate surface area is 182 Å². The first kappa shape index (κ1) is 20.1. The number of piperazine rings is 1. The van der Waals surface area contributed by atoms with Crippen LogP contribution in [-0.4, -0.2) is 67.4 Å². The number of benzene rings is 2. The quantitative estimate of drug-likeness (QED) is 0.626. The highest BCUT2D eigenvalue weighted by Crippen LogP contribution is 2.29. The molecule has 2 fully saturated rings. The molecule has 0 unspecified atom stereocenters. The van der Waals surface area contributed by atoms with Gasteiger partial charge in [-0.05, 0) is 36.4 Å². The standard InChI is InChI=1S/C23H26N4O3S/c1-24-10-9-18-15-21(7-8-22(18)24)31(29,30)27-16-19(17-27)23(28)26-13-11-25(12-14-26)20-5-3-2-4-6-20/h2-10,15,19H,11-14,16-17H2,1H3. The molecule has 1 aromatic heterocycles. The van der Waals surface area contributed by atoms with E-state index in [9.17, 15) is 13.2 Å². The number of anilines is 1. The molecule has 0 atom stereocenters. The van der Waals surface area contributed by atoms with Crippen LogP contribution in [0.5, 0.6) is 0 Å². The van der Waals surface area contributed by atoms with Crippen LogP contribution < -0.4 is 4.90 Å². The van der Waals surface area contributed by atoms with Crippen LogP contribution in [0.25, 0.3) is 10.9 Å². The van der Waals surface area contributed by atoms with Gasteiger partial charge < -0.3 is 14.4 Å². The van der Waals surface area contributed by atoms with Crippen LogP contribution in [0.1, 0.15) is 0 Å². The van der Waals surface area contributed by atoms with Gasteiger partial charge in [-0.15, -0.1) is 0 Å². The predicted octanol–water partition coefficient (Wildman–Crippen LogP) is 2.15. The van der Waals surface area contributed by atoms with Gasteiger partial charge >= 0.3 is 0 Å². The van der Waals surface area contributed by atoms with E-state index in [-0.39, 0.29) is 29.8 Å². The van der Waals surface area contributed by atoms with Gasteiger partial charge in [-0.25, -0.2) is 8.42 Å². The Morgan fingerprint density at radius 2 is 1.65 bits per heavy atom. The van der Waals surface area contributed by atoms with E-state index in [1.54, 1.807) is 12.1 Å². The van der Waals surface area contributed by atoms with Gasteiger partial charge in [-0.2, -0.15) is 4.31 Å². The molecule has 2 aliphatic heterocycles. The Kier molecular flexibility index (Phi) is 4.98. The van der Waals surface area contributed by atoms with Crippen molar-refractivity contribution in [2.45, 2.75) is 4.90 Å². The molecule has 1 amide bonds. The first-order chi connectivity index (χ1) is 14.9. The number of amides is 1. The van der Waals surface area contributed by atoms with Crippen molar-refractivity contribution in [1.29, 1.82) is 0 Å². The van der Waals surface area contributed by atoms with E-state index in [0.717, 1.165) is 24.0 Å². The Balaban J connectivity index is 1.19. The minimum absolute atomic E-state index is 0.0673. The summed E-state index contributed by atoms with van der Waals surface area (Å²) >= 11 is 0. The van der Waals surface area contributed by atoms with E-state index in [2.05, 4.69) is 17.0 Å². The summed E-state index contributed by atoms with van der Waals surface area (Å²) in [7, 11) is -1.65. The molecule has 8 heteroatoms. The maximum Gasteiger partial charge on any atom is 0.243 e. The van der Waals surface area contributed by atoms with Crippen LogP contribution in [0.15, 0.2) is 65.7 Å². The van der Waals surface area contributed by atoms with Gasteiger partial charge in [0.1, 0.15) is 0 Å². The molecule has 162 valence electrons. The molecule has 0 radical (unpaired) electrons. The fourth-order valence-electron chi connectivity index (χ4n) is 4.44. The van der Waals surface area contributed by atoms with Crippen molar-refractivity contribution in [3.8, 4) is 0 Å². The van der Waals surface area contributed by atoms with Gasteiger partial charge in [0, 0.05) is 69.1 Å². The second-order valence-electron chi connectivity index (χ2n) is 8.31. The fourth-order valence-corrected chi connectivity index (χ4v) is 6.01. The lowest BCUT2D eigenvalue weighted by molar-refractivity contribution is -0.139. The van der Waals surface area contributed by atoms with Crippen molar-refractivity contribution < 1.29 is 13.2 Å². The lowest BCUT2D eigenvalue weighted by atomic mass is 10.0. The Bertz CT molecular complexity index is 1210. The third kappa shape index (κ3) is 3.59. The van der Waals surface area contributed by atoms with Gasteiger partial charge in [-0.3, -0.25) is 4.79 Å². The molecule has 0 spiro atoms. The van der Waals surface area contributed by atoms with Gasteiger partial charge in [-0.1, -0.05) is 18.2 Å². The lowest BCUT2D eigenvalue weighted by Crippen LogP contribution is -2.59. The second kappa shape index (κ2) is 7.69. The van der Waals surface area contributed by atoms with Gasteiger partial charge in [0.15, 0.2) is 0 Å². The van der Waals surface area contributed by atoms with Crippen molar-refractivity contribution in [2.24, 2.45) is 13.0 Å². The minimum Gasteiger partial charge on any atom is -0.368 e. The Morgan fingerprint density at radius 3 is 2.35 bits per heavy atom. The number of nitrogens with zero attached hydrogens (tertiary/aromatic N) is 4. The van der Waals surface area contributed by atoms with Crippen LogP contribution in [0, 0.1) is 5.92 Å². The lowest BCUT2D eigenvalue weighted by Gasteiger charge is -2.42. The number of aryl methyl sites for hydroxylation is 1. The van der Waals surface area contributed by atoms with Gasteiger partial charge in [0.2, 0.25) is 15.9 Å². The summed E-state index contributed by atoms with van der Waals surface area (Å²) in [5.41, 5.74) is 2.16. The molecule has 2 aromatic carbocycles. The topological polar surface area (TPSA) is 65.9 Å². The summed E-state index contributed by atoms with van der Waals surface area (Å²) in [6.45, 7) is 3.44.